The van der Waals surface area contributed by atoms with Crippen molar-refractivity contribution in [3.8, 4) is 0 Å². The summed E-state index contributed by atoms with van der Waals surface area (Å²) in [6.45, 7) is 3.30. The van der Waals surface area contributed by atoms with Crippen LogP contribution in [0.25, 0.3) is 0 Å². The number of nitrogens with one attached hydrogen (secondary N) is 1. The molecule has 1 atom stereocenters. The molecule has 114 valence electrons. The van der Waals surface area contributed by atoms with Gasteiger partial charge in [0.1, 0.15) is 11.7 Å². The predicted octanol–water partition coefficient (Wildman–Crippen LogP) is 3.01. The van der Waals surface area contributed by atoms with Crippen molar-refractivity contribution in [2.45, 2.75) is 64.3 Å². The number of aromatic nitrogens is 1. The van der Waals surface area contributed by atoms with Crippen molar-refractivity contribution in [1.29, 1.82) is 5.41 Å². The summed E-state index contributed by atoms with van der Waals surface area (Å²) in [6, 6.07) is 2.69. The molecule has 21 heavy (non-hydrogen) atoms. The van der Waals surface area contributed by atoms with Crippen LogP contribution in [0, 0.1) is 5.41 Å². The number of piperidine rings is 1. The maximum absolute atomic E-state index is 7.94. The number of amidine groups is 1. The molecule has 1 aliphatic heterocycles. The summed E-state index contributed by atoms with van der Waals surface area (Å²) in [4.78, 5) is 7.37. The van der Waals surface area contributed by atoms with E-state index in [9.17, 15) is 0 Å². The second kappa shape index (κ2) is 6.04. The molecule has 0 bridgehead atoms. The van der Waals surface area contributed by atoms with Crippen molar-refractivity contribution in [2.75, 3.05) is 11.4 Å². The SMILES string of the molecule is CCCC1CCCCN1c1nc2c(cc1C(=N)N)CCC2. The molecule has 0 aromatic carbocycles. The molecular weight excluding hydrogens is 260 g/mol. The van der Waals surface area contributed by atoms with E-state index in [4.69, 9.17) is 16.1 Å². The fourth-order valence-electron chi connectivity index (χ4n) is 3.79. The van der Waals surface area contributed by atoms with E-state index in [1.807, 2.05) is 0 Å². The van der Waals surface area contributed by atoms with Gasteiger partial charge in [-0.15, -0.1) is 0 Å². The fourth-order valence-corrected chi connectivity index (χ4v) is 3.79. The Hall–Kier alpha value is -1.58. The van der Waals surface area contributed by atoms with Gasteiger partial charge in [-0.25, -0.2) is 4.98 Å². The molecule has 1 fully saturated rings. The van der Waals surface area contributed by atoms with E-state index in [1.54, 1.807) is 0 Å². The lowest BCUT2D eigenvalue weighted by Gasteiger charge is -2.38. The zero-order valence-corrected chi connectivity index (χ0v) is 13.0. The molecule has 1 aliphatic carbocycles. The van der Waals surface area contributed by atoms with Gasteiger partial charge in [0.2, 0.25) is 0 Å². The molecular formula is C17H26N4. The highest BCUT2D eigenvalue weighted by Crippen LogP contribution is 2.32. The van der Waals surface area contributed by atoms with Crippen molar-refractivity contribution >= 4 is 11.7 Å². The number of fused-ring (bicyclic) bond motifs is 1. The van der Waals surface area contributed by atoms with Crippen molar-refractivity contribution in [3.05, 3.63) is 22.9 Å². The van der Waals surface area contributed by atoms with Crippen LogP contribution in [0.2, 0.25) is 0 Å². The largest absolute Gasteiger partial charge is 0.384 e. The summed E-state index contributed by atoms with van der Waals surface area (Å²) < 4.78 is 0. The van der Waals surface area contributed by atoms with Gasteiger partial charge in [-0.1, -0.05) is 13.3 Å². The molecule has 0 saturated carbocycles. The minimum absolute atomic E-state index is 0.160. The molecule has 4 nitrogen and oxygen atoms in total. The summed E-state index contributed by atoms with van der Waals surface area (Å²) in [6.07, 6.45) is 9.51. The third-order valence-corrected chi connectivity index (χ3v) is 4.84. The van der Waals surface area contributed by atoms with Crippen LogP contribution >= 0.6 is 0 Å². The standard InChI is InChI=1S/C17H26N4/c1-2-6-13-8-3-4-10-21(13)17-14(16(18)19)11-12-7-5-9-15(12)20-17/h11,13H,2-10H2,1H3,(H3,18,19). The van der Waals surface area contributed by atoms with Crippen molar-refractivity contribution in [3.63, 3.8) is 0 Å². The van der Waals surface area contributed by atoms with E-state index in [0.717, 1.165) is 30.8 Å². The van der Waals surface area contributed by atoms with Gasteiger partial charge in [-0.2, -0.15) is 0 Å². The zero-order chi connectivity index (χ0) is 14.8. The van der Waals surface area contributed by atoms with Crippen LogP contribution in [0.15, 0.2) is 6.07 Å². The molecule has 1 aromatic heterocycles. The van der Waals surface area contributed by atoms with Crippen LogP contribution in [-0.2, 0) is 12.8 Å². The van der Waals surface area contributed by atoms with Crippen LogP contribution in [-0.4, -0.2) is 23.4 Å². The minimum atomic E-state index is 0.160. The number of hydrogen-bond acceptors (Lipinski definition) is 3. The Labute approximate surface area is 127 Å². The average Bonchev–Trinajstić information content (AvgIpc) is 2.94. The van der Waals surface area contributed by atoms with Gasteiger partial charge >= 0.3 is 0 Å². The first-order chi connectivity index (χ1) is 10.2. The van der Waals surface area contributed by atoms with Crippen LogP contribution in [0.3, 0.4) is 0 Å². The number of aryl methyl sites for hydroxylation is 2. The van der Waals surface area contributed by atoms with Gasteiger partial charge in [0.05, 0.1) is 5.56 Å². The van der Waals surface area contributed by atoms with Crippen molar-refractivity contribution in [1.82, 2.24) is 4.98 Å². The van der Waals surface area contributed by atoms with E-state index in [0.29, 0.717) is 6.04 Å². The number of nitrogen functional groups attached to an aromatic ring is 1. The van der Waals surface area contributed by atoms with E-state index in [-0.39, 0.29) is 5.84 Å². The first kappa shape index (κ1) is 14.4. The number of rotatable bonds is 4. The van der Waals surface area contributed by atoms with E-state index < -0.39 is 0 Å². The second-order valence-electron chi connectivity index (χ2n) is 6.36. The number of hydrogen-bond donors (Lipinski definition) is 2. The first-order valence-electron chi connectivity index (χ1n) is 8.34. The summed E-state index contributed by atoms with van der Waals surface area (Å²) in [5.41, 5.74) is 9.23. The lowest BCUT2D eigenvalue weighted by molar-refractivity contribution is 0.431. The van der Waals surface area contributed by atoms with Crippen LogP contribution < -0.4 is 10.6 Å². The Morgan fingerprint density at radius 2 is 2.24 bits per heavy atom. The van der Waals surface area contributed by atoms with Crippen molar-refractivity contribution < 1.29 is 0 Å². The van der Waals surface area contributed by atoms with Crippen molar-refractivity contribution in [2.24, 2.45) is 5.73 Å². The number of nitrogens with two attached hydrogens (primary N) is 1. The minimum Gasteiger partial charge on any atom is -0.384 e. The molecule has 3 N–H and O–H groups in total. The van der Waals surface area contributed by atoms with Gasteiger partial charge in [0.25, 0.3) is 0 Å². The van der Waals surface area contributed by atoms with Crippen LogP contribution in [0.5, 0.6) is 0 Å². The van der Waals surface area contributed by atoms with E-state index in [1.165, 1.54) is 49.8 Å². The summed E-state index contributed by atoms with van der Waals surface area (Å²) in [7, 11) is 0. The van der Waals surface area contributed by atoms with Crippen LogP contribution in [0.4, 0.5) is 5.82 Å². The number of nitrogens with zero attached hydrogens (tertiary/aromatic N) is 2. The Balaban J connectivity index is 2.00. The number of anilines is 1. The average molecular weight is 286 g/mol. The molecule has 1 saturated heterocycles. The Morgan fingerprint density at radius 3 is 3.00 bits per heavy atom. The van der Waals surface area contributed by atoms with E-state index >= 15 is 0 Å². The smallest absolute Gasteiger partial charge is 0.140 e. The fraction of sp³-hybridized carbons (Fsp3) is 0.647. The molecule has 2 heterocycles. The zero-order valence-electron chi connectivity index (χ0n) is 13.0. The van der Waals surface area contributed by atoms with Gasteiger partial charge in [0.15, 0.2) is 0 Å². The highest BCUT2D eigenvalue weighted by Gasteiger charge is 2.27. The van der Waals surface area contributed by atoms with E-state index in [2.05, 4.69) is 17.9 Å². The molecule has 0 radical (unpaired) electrons. The maximum Gasteiger partial charge on any atom is 0.140 e. The van der Waals surface area contributed by atoms with Gasteiger partial charge < -0.3 is 10.6 Å². The summed E-state index contributed by atoms with van der Waals surface area (Å²) in [5.74, 6) is 1.13. The number of pyridine rings is 1. The molecule has 3 rings (SSSR count). The Kier molecular flexibility index (Phi) is 4.13. The predicted molar refractivity (Wildman–Crippen MR) is 87.2 cm³/mol. The molecule has 2 aliphatic rings. The quantitative estimate of drug-likeness (QED) is 0.660. The Morgan fingerprint density at radius 1 is 1.38 bits per heavy atom. The highest BCUT2D eigenvalue weighted by molar-refractivity contribution is 6.00. The van der Waals surface area contributed by atoms with Gasteiger partial charge in [0, 0.05) is 18.3 Å². The second-order valence-corrected chi connectivity index (χ2v) is 6.36. The molecule has 4 heteroatoms. The monoisotopic (exact) mass is 286 g/mol. The maximum atomic E-state index is 7.94. The lowest BCUT2D eigenvalue weighted by atomic mass is 9.97. The Bertz CT molecular complexity index is 536. The summed E-state index contributed by atoms with van der Waals surface area (Å²) in [5, 5.41) is 7.94. The lowest BCUT2D eigenvalue weighted by Crippen LogP contribution is -2.41. The molecule has 0 amide bonds. The van der Waals surface area contributed by atoms with Gasteiger partial charge in [-0.3, -0.25) is 5.41 Å². The summed E-state index contributed by atoms with van der Waals surface area (Å²) >= 11 is 0. The van der Waals surface area contributed by atoms with Crippen LogP contribution in [0.1, 0.15) is 62.3 Å². The normalized spacial score (nSPS) is 21.4. The molecule has 0 spiro atoms. The topological polar surface area (TPSA) is 66.0 Å². The third kappa shape index (κ3) is 2.76. The molecule has 1 aromatic rings. The van der Waals surface area contributed by atoms with Gasteiger partial charge in [-0.05, 0) is 56.6 Å². The highest BCUT2D eigenvalue weighted by atomic mass is 15.2. The molecule has 1 unspecified atom stereocenters. The third-order valence-electron chi connectivity index (χ3n) is 4.84. The first-order valence-corrected chi connectivity index (χ1v) is 8.34.